The molecule has 3 rings (SSSR count). The molecule has 2 bridgehead atoms. The first-order valence-corrected chi connectivity index (χ1v) is 8.47. The summed E-state index contributed by atoms with van der Waals surface area (Å²) in [6, 6.07) is 0. The first-order valence-electron chi connectivity index (χ1n) is 7.36. The molecule has 1 aromatic heterocycles. The van der Waals surface area contributed by atoms with Crippen molar-refractivity contribution >= 4 is 28.9 Å². The van der Waals surface area contributed by atoms with Gasteiger partial charge >= 0.3 is 0 Å². The molecular weight excluding hydrogens is 294 g/mol. The normalized spacial score (nSPS) is 25.9. The van der Waals surface area contributed by atoms with E-state index in [4.69, 9.17) is 16.3 Å². The minimum absolute atomic E-state index is 0.472. The van der Waals surface area contributed by atoms with Gasteiger partial charge in [-0.05, 0) is 25.8 Å². The van der Waals surface area contributed by atoms with E-state index in [9.17, 15) is 0 Å². The van der Waals surface area contributed by atoms with Crippen LogP contribution < -0.4 is 4.74 Å². The van der Waals surface area contributed by atoms with Gasteiger partial charge in [0.2, 0.25) is 0 Å². The zero-order valence-electron chi connectivity index (χ0n) is 11.8. The van der Waals surface area contributed by atoms with E-state index in [1.807, 2.05) is 0 Å². The van der Waals surface area contributed by atoms with Gasteiger partial charge in [-0.3, -0.25) is 4.90 Å². The standard InChI is InChI=1S/C14H20ClN3OS/c1-2-3-7-19-14-13(16-20-17-14)11-9-18-6-4-5-10(8-18)12(11)15/h10H,2-9H2,1H3. The van der Waals surface area contributed by atoms with Crippen molar-refractivity contribution in [2.45, 2.75) is 32.6 Å². The molecule has 1 saturated heterocycles. The van der Waals surface area contributed by atoms with Crippen LogP contribution in [0.4, 0.5) is 0 Å². The van der Waals surface area contributed by atoms with Crippen LogP contribution in [0.1, 0.15) is 38.3 Å². The van der Waals surface area contributed by atoms with E-state index in [-0.39, 0.29) is 0 Å². The Kier molecular flexibility index (Phi) is 4.58. The van der Waals surface area contributed by atoms with E-state index >= 15 is 0 Å². The Balaban J connectivity index is 1.83. The van der Waals surface area contributed by atoms with Crippen LogP contribution in [0.5, 0.6) is 5.88 Å². The summed E-state index contributed by atoms with van der Waals surface area (Å²) in [6.07, 6.45) is 4.58. The third-order valence-corrected chi connectivity index (χ3v) is 5.06. The Morgan fingerprint density at radius 2 is 2.35 bits per heavy atom. The highest BCUT2D eigenvalue weighted by atomic mass is 35.5. The van der Waals surface area contributed by atoms with Crippen LogP contribution in [-0.4, -0.2) is 39.9 Å². The summed E-state index contributed by atoms with van der Waals surface area (Å²) in [5, 5.41) is 0.981. The van der Waals surface area contributed by atoms with E-state index in [1.54, 1.807) is 0 Å². The highest BCUT2D eigenvalue weighted by Crippen LogP contribution is 2.39. The maximum Gasteiger partial charge on any atom is 0.253 e. The lowest BCUT2D eigenvalue weighted by Crippen LogP contribution is -2.40. The van der Waals surface area contributed by atoms with Crippen LogP contribution in [0, 0.1) is 5.92 Å². The average Bonchev–Trinajstić information content (AvgIpc) is 2.92. The lowest BCUT2D eigenvalue weighted by Gasteiger charge is -2.38. The van der Waals surface area contributed by atoms with Crippen molar-refractivity contribution in [3.63, 3.8) is 0 Å². The molecule has 2 aliphatic rings. The Bertz CT molecular complexity index is 502. The monoisotopic (exact) mass is 313 g/mol. The molecule has 0 aliphatic carbocycles. The summed E-state index contributed by atoms with van der Waals surface area (Å²) in [6.45, 7) is 5.98. The number of unbranched alkanes of at least 4 members (excludes halogenated alkanes) is 1. The quantitative estimate of drug-likeness (QED) is 0.781. The highest BCUT2D eigenvalue weighted by Gasteiger charge is 2.32. The molecule has 110 valence electrons. The molecule has 20 heavy (non-hydrogen) atoms. The molecule has 1 fully saturated rings. The molecule has 0 amide bonds. The van der Waals surface area contributed by atoms with Crippen molar-refractivity contribution in [2.24, 2.45) is 5.92 Å². The van der Waals surface area contributed by atoms with Gasteiger partial charge in [0, 0.05) is 29.6 Å². The van der Waals surface area contributed by atoms with Crippen molar-refractivity contribution in [3.8, 4) is 5.88 Å². The summed E-state index contributed by atoms with van der Waals surface area (Å²) in [7, 11) is 0. The van der Waals surface area contributed by atoms with E-state index in [1.165, 1.54) is 24.6 Å². The molecule has 2 aliphatic heterocycles. The fourth-order valence-corrected chi connectivity index (χ4v) is 3.76. The van der Waals surface area contributed by atoms with Crippen molar-refractivity contribution in [3.05, 3.63) is 10.7 Å². The minimum atomic E-state index is 0.472. The summed E-state index contributed by atoms with van der Waals surface area (Å²) < 4.78 is 14.5. The Morgan fingerprint density at radius 1 is 1.45 bits per heavy atom. The fourth-order valence-electron chi connectivity index (χ4n) is 2.91. The molecule has 2 unspecified atom stereocenters. The molecule has 4 nitrogen and oxygen atoms in total. The van der Waals surface area contributed by atoms with Crippen LogP contribution in [0.15, 0.2) is 5.03 Å². The summed E-state index contributed by atoms with van der Waals surface area (Å²) >= 11 is 7.82. The van der Waals surface area contributed by atoms with Crippen LogP contribution >= 0.6 is 23.3 Å². The van der Waals surface area contributed by atoms with Gasteiger partial charge in [-0.25, -0.2) is 0 Å². The summed E-state index contributed by atoms with van der Waals surface area (Å²) in [4.78, 5) is 2.46. The van der Waals surface area contributed by atoms with Gasteiger partial charge in [-0.1, -0.05) is 24.9 Å². The second-order valence-corrected chi connectivity index (χ2v) is 6.46. The van der Waals surface area contributed by atoms with Crippen molar-refractivity contribution in [1.29, 1.82) is 0 Å². The zero-order chi connectivity index (χ0) is 13.9. The largest absolute Gasteiger partial charge is 0.475 e. The van der Waals surface area contributed by atoms with Crippen LogP contribution in [0.25, 0.3) is 5.57 Å². The number of hydrogen-bond acceptors (Lipinski definition) is 5. The van der Waals surface area contributed by atoms with Gasteiger partial charge in [-0.15, -0.1) is 4.37 Å². The highest BCUT2D eigenvalue weighted by molar-refractivity contribution is 6.99. The molecule has 0 spiro atoms. The Morgan fingerprint density at radius 3 is 3.20 bits per heavy atom. The van der Waals surface area contributed by atoms with Gasteiger partial charge in [0.1, 0.15) is 5.69 Å². The lowest BCUT2D eigenvalue weighted by molar-refractivity contribution is 0.204. The van der Waals surface area contributed by atoms with E-state index in [2.05, 4.69) is 20.6 Å². The third kappa shape index (κ3) is 2.85. The molecule has 1 aromatic rings. The van der Waals surface area contributed by atoms with Crippen LogP contribution in [0.3, 0.4) is 0 Å². The average molecular weight is 314 g/mol. The topological polar surface area (TPSA) is 38.3 Å². The SMILES string of the molecule is CCCCOc1nsnc1C1=C(Cl)C2CCCN(C1)C2. The van der Waals surface area contributed by atoms with Gasteiger partial charge in [0.15, 0.2) is 0 Å². The fraction of sp³-hybridized carbons (Fsp3) is 0.714. The predicted octanol–water partition coefficient (Wildman–Crippen LogP) is 3.39. The van der Waals surface area contributed by atoms with Gasteiger partial charge in [0.25, 0.3) is 5.88 Å². The second kappa shape index (κ2) is 6.41. The number of hydrogen-bond donors (Lipinski definition) is 0. The molecule has 0 aromatic carbocycles. The predicted molar refractivity (Wildman–Crippen MR) is 82.2 cm³/mol. The van der Waals surface area contributed by atoms with Crippen LogP contribution in [0.2, 0.25) is 0 Å². The van der Waals surface area contributed by atoms with E-state index < -0.39 is 0 Å². The van der Waals surface area contributed by atoms with Crippen molar-refractivity contribution < 1.29 is 4.74 Å². The number of halogens is 1. The first kappa shape index (κ1) is 14.3. The number of ether oxygens (including phenoxy) is 1. The zero-order valence-corrected chi connectivity index (χ0v) is 13.3. The first-order chi connectivity index (χ1) is 9.79. The molecule has 6 heteroatoms. The number of aromatic nitrogens is 2. The number of piperidine rings is 1. The molecule has 3 heterocycles. The van der Waals surface area contributed by atoms with Crippen molar-refractivity contribution in [2.75, 3.05) is 26.2 Å². The number of nitrogens with zero attached hydrogens (tertiary/aromatic N) is 3. The molecule has 0 N–H and O–H groups in total. The maximum absolute atomic E-state index is 6.61. The summed E-state index contributed by atoms with van der Waals surface area (Å²) in [5.74, 6) is 1.14. The minimum Gasteiger partial charge on any atom is -0.475 e. The molecular formula is C14H20ClN3OS. The third-order valence-electron chi connectivity index (χ3n) is 4.01. The number of rotatable bonds is 5. The van der Waals surface area contributed by atoms with Gasteiger partial charge in [-0.2, -0.15) is 4.37 Å². The summed E-state index contributed by atoms with van der Waals surface area (Å²) in [5.41, 5.74) is 2.00. The molecule has 0 saturated carbocycles. The van der Waals surface area contributed by atoms with E-state index in [0.717, 1.165) is 48.8 Å². The van der Waals surface area contributed by atoms with Crippen LogP contribution in [-0.2, 0) is 0 Å². The lowest BCUT2D eigenvalue weighted by atomic mass is 9.90. The van der Waals surface area contributed by atoms with Gasteiger partial charge < -0.3 is 4.74 Å². The second-order valence-electron chi connectivity index (χ2n) is 5.52. The molecule has 0 radical (unpaired) electrons. The Hall–Kier alpha value is -0.650. The molecule has 2 atom stereocenters. The van der Waals surface area contributed by atoms with Crippen molar-refractivity contribution in [1.82, 2.24) is 13.6 Å². The van der Waals surface area contributed by atoms with Gasteiger partial charge in [0.05, 0.1) is 18.3 Å². The smallest absolute Gasteiger partial charge is 0.253 e. The van der Waals surface area contributed by atoms with E-state index in [0.29, 0.717) is 18.4 Å². The maximum atomic E-state index is 6.61. The number of fused-ring (bicyclic) bond motifs is 2. The Labute approximate surface area is 129 Å².